The molecule has 0 fully saturated rings. The first-order valence-corrected chi connectivity index (χ1v) is 9.41. The number of H-pyrrole nitrogens is 1. The first-order valence-electron chi connectivity index (χ1n) is 8.59. The topological polar surface area (TPSA) is 110 Å². The second kappa shape index (κ2) is 8.27. The molecule has 0 aliphatic heterocycles. The Balaban J connectivity index is 1.90. The van der Waals surface area contributed by atoms with Crippen LogP contribution in [-0.4, -0.2) is 42.3 Å². The lowest BCUT2D eigenvalue weighted by molar-refractivity contribution is 0.0601. The molecule has 8 nitrogen and oxygen atoms in total. The Hall–Kier alpha value is -3.46. The third kappa shape index (κ3) is 4.04. The van der Waals surface area contributed by atoms with E-state index in [1.165, 1.54) is 14.2 Å². The number of aromatic nitrogens is 2. The van der Waals surface area contributed by atoms with Crippen LogP contribution in [-0.2, 0) is 9.47 Å². The monoisotopic (exact) mass is 413 g/mol. The summed E-state index contributed by atoms with van der Waals surface area (Å²) < 4.78 is 9.53. The second-order valence-corrected chi connectivity index (χ2v) is 7.25. The zero-order chi connectivity index (χ0) is 21.1. The molecule has 2 aromatic heterocycles. The molecule has 3 rings (SSSR count). The number of anilines is 1. The van der Waals surface area contributed by atoms with E-state index in [0.29, 0.717) is 11.3 Å². The number of aromatic amines is 1. The lowest BCUT2D eigenvalue weighted by Crippen LogP contribution is -2.14. The Labute approximate surface area is 170 Å². The van der Waals surface area contributed by atoms with E-state index >= 15 is 0 Å². The van der Waals surface area contributed by atoms with Crippen LogP contribution in [0.4, 0.5) is 5.00 Å². The highest BCUT2D eigenvalue weighted by Crippen LogP contribution is 2.34. The lowest BCUT2D eigenvalue weighted by atomic mass is 10.1. The van der Waals surface area contributed by atoms with E-state index in [1.807, 2.05) is 31.2 Å². The Morgan fingerprint density at radius 2 is 1.69 bits per heavy atom. The van der Waals surface area contributed by atoms with Crippen LogP contribution in [0.3, 0.4) is 0 Å². The van der Waals surface area contributed by atoms with E-state index in [9.17, 15) is 14.4 Å². The fourth-order valence-electron chi connectivity index (χ4n) is 2.72. The molecule has 9 heteroatoms. The van der Waals surface area contributed by atoms with Gasteiger partial charge in [0.05, 0.1) is 25.5 Å². The number of hydrogen-bond acceptors (Lipinski definition) is 7. The Bertz CT molecular complexity index is 1080. The number of thiophene rings is 1. The minimum Gasteiger partial charge on any atom is -0.465 e. The van der Waals surface area contributed by atoms with Gasteiger partial charge in [0.25, 0.3) is 5.91 Å². The number of amides is 1. The molecular weight excluding hydrogens is 394 g/mol. The maximum atomic E-state index is 12.7. The van der Waals surface area contributed by atoms with Crippen LogP contribution in [0.25, 0.3) is 11.3 Å². The fourth-order valence-corrected chi connectivity index (χ4v) is 3.83. The molecule has 1 aromatic carbocycles. The predicted octanol–water partition coefficient (Wildman–Crippen LogP) is 3.58. The zero-order valence-corrected chi connectivity index (χ0v) is 17.1. The number of methoxy groups -OCH3 is 2. The average Bonchev–Trinajstić information content (AvgIpc) is 3.33. The minimum atomic E-state index is -0.658. The summed E-state index contributed by atoms with van der Waals surface area (Å²) in [5.74, 6) is -1.76. The van der Waals surface area contributed by atoms with Crippen molar-refractivity contribution in [3.05, 3.63) is 57.6 Å². The number of esters is 2. The van der Waals surface area contributed by atoms with Gasteiger partial charge in [0, 0.05) is 5.56 Å². The van der Waals surface area contributed by atoms with Crippen molar-refractivity contribution in [2.45, 2.75) is 13.8 Å². The van der Waals surface area contributed by atoms with Crippen molar-refractivity contribution in [3.63, 3.8) is 0 Å². The number of aryl methyl sites for hydroxylation is 1. The highest BCUT2D eigenvalue weighted by molar-refractivity contribution is 7.18. The summed E-state index contributed by atoms with van der Waals surface area (Å²) in [4.78, 5) is 37.0. The van der Waals surface area contributed by atoms with Crippen LogP contribution in [0.5, 0.6) is 0 Å². The molecule has 2 heterocycles. The van der Waals surface area contributed by atoms with Crippen molar-refractivity contribution in [2.24, 2.45) is 0 Å². The minimum absolute atomic E-state index is 0.115. The van der Waals surface area contributed by atoms with Crippen LogP contribution in [0.15, 0.2) is 30.3 Å². The highest BCUT2D eigenvalue weighted by atomic mass is 32.1. The molecule has 0 aliphatic carbocycles. The molecule has 2 N–H and O–H groups in total. The van der Waals surface area contributed by atoms with Crippen LogP contribution < -0.4 is 5.32 Å². The van der Waals surface area contributed by atoms with E-state index in [2.05, 4.69) is 15.5 Å². The van der Waals surface area contributed by atoms with Crippen molar-refractivity contribution in [3.8, 4) is 11.3 Å². The Morgan fingerprint density at radius 3 is 2.31 bits per heavy atom. The molecule has 1 amide bonds. The van der Waals surface area contributed by atoms with Crippen LogP contribution >= 0.6 is 11.3 Å². The number of carbonyl (C=O) groups excluding carboxylic acids is 3. The molecule has 0 bridgehead atoms. The predicted molar refractivity (Wildman–Crippen MR) is 108 cm³/mol. The summed E-state index contributed by atoms with van der Waals surface area (Å²) in [6.45, 7) is 3.58. The number of carbonyl (C=O) groups is 3. The molecule has 0 spiro atoms. The van der Waals surface area contributed by atoms with Gasteiger partial charge in [-0.2, -0.15) is 5.10 Å². The average molecular weight is 413 g/mol. The summed E-state index contributed by atoms with van der Waals surface area (Å²) >= 11 is 0.949. The van der Waals surface area contributed by atoms with Crippen molar-refractivity contribution in [1.29, 1.82) is 0 Å². The number of ether oxygens (including phenoxy) is 2. The zero-order valence-electron chi connectivity index (χ0n) is 16.3. The van der Waals surface area contributed by atoms with Gasteiger partial charge in [0.2, 0.25) is 0 Å². The molecular formula is C20H19N3O5S. The quantitative estimate of drug-likeness (QED) is 0.619. The standard InChI is InChI=1S/C20H19N3O5S/c1-10-5-7-12(8-6-10)13-9-14(23-22-13)17(24)21-18-15(19(25)27-3)11(2)16(29-18)20(26)28-4/h5-9H,1-4H3,(H,21,24)(H,22,23). The number of hydrogen-bond donors (Lipinski definition) is 2. The molecule has 0 unspecified atom stereocenters. The van der Waals surface area contributed by atoms with Gasteiger partial charge in [0.15, 0.2) is 0 Å². The van der Waals surface area contributed by atoms with Gasteiger partial charge >= 0.3 is 11.9 Å². The van der Waals surface area contributed by atoms with Gasteiger partial charge in [-0.25, -0.2) is 9.59 Å². The summed E-state index contributed by atoms with van der Waals surface area (Å²) in [5, 5.41) is 9.72. The van der Waals surface area contributed by atoms with Gasteiger partial charge in [-0.15, -0.1) is 11.3 Å². The smallest absolute Gasteiger partial charge is 0.348 e. The third-order valence-corrected chi connectivity index (χ3v) is 5.49. The third-order valence-electron chi connectivity index (χ3n) is 4.30. The van der Waals surface area contributed by atoms with Crippen LogP contribution in [0.2, 0.25) is 0 Å². The van der Waals surface area contributed by atoms with E-state index < -0.39 is 17.8 Å². The lowest BCUT2D eigenvalue weighted by Gasteiger charge is -2.04. The number of nitrogens with one attached hydrogen (secondary N) is 2. The van der Waals surface area contributed by atoms with Crippen molar-refractivity contribution < 1.29 is 23.9 Å². The molecule has 3 aromatic rings. The van der Waals surface area contributed by atoms with Crippen molar-refractivity contribution in [1.82, 2.24) is 10.2 Å². The van der Waals surface area contributed by atoms with Gasteiger partial charge < -0.3 is 14.8 Å². The van der Waals surface area contributed by atoms with Gasteiger partial charge in [-0.05, 0) is 25.5 Å². The van der Waals surface area contributed by atoms with E-state index in [0.717, 1.165) is 22.5 Å². The van der Waals surface area contributed by atoms with Gasteiger partial charge in [-0.1, -0.05) is 29.8 Å². The number of benzene rings is 1. The first kappa shape index (κ1) is 20.3. The molecule has 0 aliphatic rings. The van der Waals surface area contributed by atoms with Crippen molar-refractivity contribution >= 4 is 34.2 Å². The summed E-state index contributed by atoms with van der Waals surface area (Å²) in [5.41, 5.74) is 3.30. The largest absolute Gasteiger partial charge is 0.465 e. The van der Waals surface area contributed by atoms with E-state index in [1.54, 1.807) is 13.0 Å². The maximum Gasteiger partial charge on any atom is 0.348 e. The highest BCUT2D eigenvalue weighted by Gasteiger charge is 2.27. The Morgan fingerprint density at radius 1 is 1.03 bits per heavy atom. The van der Waals surface area contributed by atoms with Crippen LogP contribution in [0, 0.1) is 13.8 Å². The summed E-state index contributed by atoms with van der Waals surface area (Å²) in [7, 11) is 2.47. The molecule has 150 valence electrons. The first-order chi connectivity index (χ1) is 13.8. The van der Waals surface area contributed by atoms with Crippen LogP contribution in [0.1, 0.15) is 41.6 Å². The molecule has 0 saturated carbocycles. The van der Waals surface area contributed by atoms with E-state index in [4.69, 9.17) is 9.47 Å². The molecule has 0 saturated heterocycles. The number of rotatable bonds is 5. The maximum absolute atomic E-state index is 12.7. The van der Waals surface area contributed by atoms with Gasteiger partial charge in [-0.3, -0.25) is 9.89 Å². The van der Waals surface area contributed by atoms with Gasteiger partial charge in [0.1, 0.15) is 15.6 Å². The second-order valence-electron chi connectivity index (χ2n) is 6.23. The summed E-state index contributed by atoms with van der Waals surface area (Å²) in [6, 6.07) is 9.34. The molecule has 29 heavy (non-hydrogen) atoms. The normalized spacial score (nSPS) is 10.5. The van der Waals surface area contributed by atoms with E-state index in [-0.39, 0.29) is 21.1 Å². The molecule has 0 radical (unpaired) electrons. The molecule has 0 atom stereocenters. The number of nitrogens with zero attached hydrogens (tertiary/aromatic N) is 1. The SMILES string of the molecule is COC(=O)c1sc(NC(=O)c2cc(-c3ccc(C)cc3)n[nH]2)c(C(=O)OC)c1C. The van der Waals surface area contributed by atoms with Crippen molar-refractivity contribution in [2.75, 3.05) is 19.5 Å². The Kier molecular flexibility index (Phi) is 5.79. The summed E-state index contributed by atoms with van der Waals surface area (Å²) in [6.07, 6.45) is 0. The fraction of sp³-hybridized carbons (Fsp3) is 0.200.